The summed E-state index contributed by atoms with van der Waals surface area (Å²) in [7, 11) is 0. The fourth-order valence-electron chi connectivity index (χ4n) is 0.606. The van der Waals surface area contributed by atoms with Gasteiger partial charge in [-0.2, -0.15) is 0 Å². The Kier molecular flexibility index (Phi) is 7.99. The number of hydrogen-bond acceptors (Lipinski definition) is 0. The zero-order valence-corrected chi connectivity index (χ0v) is 9.09. The van der Waals surface area contributed by atoms with Crippen molar-refractivity contribution < 1.29 is 49.5 Å². The summed E-state index contributed by atoms with van der Waals surface area (Å²) in [5.41, 5.74) is 1.55. The van der Waals surface area contributed by atoms with Crippen LogP contribution in [0.1, 0.15) is 13.3 Å². The molecule has 1 rings (SSSR count). The van der Waals surface area contributed by atoms with Crippen molar-refractivity contribution in [3.05, 3.63) is 21.0 Å². The molecule has 0 radical (unpaired) electrons. The molecule has 0 heterocycles. The molecule has 0 N–H and O–H groups in total. The van der Waals surface area contributed by atoms with Crippen molar-refractivity contribution in [3.8, 4) is 0 Å². The van der Waals surface area contributed by atoms with Gasteiger partial charge in [0.1, 0.15) is 0 Å². The largest absolute Gasteiger partial charge is 1.00 e. The van der Waals surface area contributed by atoms with Crippen LogP contribution in [0.5, 0.6) is 0 Å². The predicted octanol–water partition coefficient (Wildman–Crippen LogP) is -4.22. The molecule has 1 aliphatic rings. The Balaban J connectivity index is 0. The van der Waals surface area contributed by atoms with Crippen molar-refractivity contribution in [1.82, 2.24) is 0 Å². The van der Waals surface area contributed by atoms with Gasteiger partial charge in [-0.15, -0.1) is 0 Å². The second-order valence-electron chi connectivity index (χ2n) is 1.80. The van der Waals surface area contributed by atoms with Crippen LogP contribution in [0.25, 0.3) is 0 Å². The summed E-state index contributed by atoms with van der Waals surface area (Å²) < 4.78 is 1.53. The SMILES string of the molecule is CC1=[C]([Zr+2])C=CC1.[Cl-].[Cl-]. The summed E-state index contributed by atoms with van der Waals surface area (Å²) in [5.74, 6) is 0. The van der Waals surface area contributed by atoms with Crippen molar-refractivity contribution in [2.45, 2.75) is 13.3 Å². The van der Waals surface area contributed by atoms with Crippen LogP contribution >= 0.6 is 0 Å². The van der Waals surface area contributed by atoms with E-state index in [0.717, 1.165) is 0 Å². The first kappa shape index (κ1) is 12.6. The zero-order valence-electron chi connectivity index (χ0n) is 5.12. The summed E-state index contributed by atoms with van der Waals surface area (Å²) in [6.07, 6.45) is 5.63. The Bertz CT molecular complexity index is 138. The van der Waals surface area contributed by atoms with Gasteiger partial charge >= 0.3 is 59.1 Å². The third-order valence-corrected chi connectivity index (χ3v) is 2.63. The number of rotatable bonds is 0. The summed E-state index contributed by atoms with van der Waals surface area (Å²) in [6.45, 7) is 2.20. The smallest absolute Gasteiger partial charge is 1.00 e. The second-order valence-corrected chi connectivity index (χ2v) is 3.12. The molecule has 0 saturated heterocycles. The minimum absolute atomic E-state index is 0. The summed E-state index contributed by atoms with van der Waals surface area (Å²) in [4.78, 5) is 0. The number of allylic oxidation sites excluding steroid dienone is 4. The summed E-state index contributed by atoms with van der Waals surface area (Å²) in [6, 6.07) is 0. The average molecular weight is 241 g/mol. The molecule has 49 valence electrons. The quantitative estimate of drug-likeness (QED) is 0.403. The summed E-state index contributed by atoms with van der Waals surface area (Å²) >= 11 is 1.55. The van der Waals surface area contributed by atoms with Crippen LogP contribution < -0.4 is 24.8 Å². The van der Waals surface area contributed by atoms with Crippen LogP contribution in [-0.4, -0.2) is 0 Å². The molecule has 0 unspecified atom stereocenters. The molecule has 0 aromatic rings. The molecule has 0 bridgehead atoms. The van der Waals surface area contributed by atoms with Crippen molar-refractivity contribution in [2.24, 2.45) is 0 Å². The minimum atomic E-state index is 0. The van der Waals surface area contributed by atoms with Crippen LogP contribution in [0.4, 0.5) is 0 Å². The van der Waals surface area contributed by atoms with Gasteiger partial charge in [-0.1, -0.05) is 0 Å². The number of hydrogen-bond donors (Lipinski definition) is 0. The van der Waals surface area contributed by atoms with E-state index in [1.165, 1.54) is 9.70 Å². The molecule has 9 heavy (non-hydrogen) atoms. The topological polar surface area (TPSA) is 0 Å². The fourth-order valence-corrected chi connectivity index (χ4v) is 1.15. The van der Waals surface area contributed by atoms with E-state index in [4.69, 9.17) is 0 Å². The van der Waals surface area contributed by atoms with E-state index in [1.54, 1.807) is 30.3 Å². The maximum absolute atomic E-state index is 2.22. The van der Waals surface area contributed by atoms with Crippen LogP contribution in [-0.2, 0) is 24.7 Å². The normalized spacial score (nSPS) is 15.0. The Hall–Kier alpha value is 0.943. The molecule has 0 fully saturated rings. The van der Waals surface area contributed by atoms with Gasteiger partial charge in [0.15, 0.2) is 0 Å². The molecule has 0 atom stereocenters. The first-order chi connectivity index (χ1) is 3.30. The van der Waals surface area contributed by atoms with Crippen molar-refractivity contribution in [3.63, 3.8) is 0 Å². The first-order valence-corrected chi connectivity index (χ1v) is 3.61. The molecule has 0 nitrogen and oxygen atoms in total. The standard InChI is InChI=1S/C6H7.2ClH.Zr/c1-6-4-2-3-5-6;;;/h2-3H,4H2,1H3;2*1H;/q;;;+2/p-2. The molecule has 1 aliphatic carbocycles. The Morgan fingerprint density at radius 3 is 2.11 bits per heavy atom. The second kappa shape index (κ2) is 5.71. The molecule has 0 saturated carbocycles. The molecule has 0 aromatic heterocycles. The van der Waals surface area contributed by atoms with E-state index in [2.05, 4.69) is 19.1 Å². The Morgan fingerprint density at radius 2 is 2.00 bits per heavy atom. The van der Waals surface area contributed by atoms with E-state index in [1.807, 2.05) is 0 Å². The van der Waals surface area contributed by atoms with Crippen LogP contribution in [0.3, 0.4) is 0 Å². The van der Waals surface area contributed by atoms with E-state index >= 15 is 0 Å². The molecular weight excluding hydrogens is 234 g/mol. The van der Waals surface area contributed by atoms with Crippen molar-refractivity contribution in [1.29, 1.82) is 0 Å². The maximum atomic E-state index is 2.22. The van der Waals surface area contributed by atoms with Gasteiger partial charge in [0.25, 0.3) is 0 Å². The van der Waals surface area contributed by atoms with Gasteiger partial charge < -0.3 is 24.8 Å². The van der Waals surface area contributed by atoms with Crippen LogP contribution in [0.2, 0.25) is 0 Å². The van der Waals surface area contributed by atoms with E-state index < -0.39 is 0 Å². The molecule has 3 heteroatoms. The molecule has 0 aromatic carbocycles. The van der Waals surface area contributed by atoms with E-state index in [-0.39, 0.29) is 24.8 Å². The monoisotopic (exact) mass is 239 g/mol. The predicted molar refractivity (Wildman–Crippen MR) is 26.5 cm³/mol. The zero-order chi connectivity index (χ0) is 5.28. The first-order valence-electron chi connectivity index (χ1n) is 2.38. The Morgan fingerprint density at radius 1 is 1.44 bits per heavy atom. The van der Waals surface area contributed by atoms with Gasteiger partial charge in [-0.3, -0.25) is 0 Å². The van der Waals surface area contributed by atoms with E-state index in [0.29, 0.717) is 0 Å². The van der Waals surface area contributed by atoms with Gasteiger partial charge in [0, 0.05) is 0 Å². The van der Waals surface area contributed by atoms with Crippen molar-refractivity contribution in [2.75, 3.05) is 0 Å². The molecule has 0 spiro atoms. The van der Waals surface area contributed by atoms with Gasteiger partial charge in [-0.05, 0) is 0 Å². The fraction of sp³-hybridized carbons (Fsp3) is 0.333. The molecule has 0 aliphatic heterocycles. The molecule has 0 amide bonds. The third kappa shape index (κ3) is 3.60. The number of halogens is 2. The van der Waals surface area contributed by atoms with E-state index in [9.17, 15) is 0 Å². The van der Waals surface area contributed by atoms with Gasteiger partial charge in [0.2, 0.25) is 0 Å². The van der Waals surface area contributed by atoms with Crippen LogP contribution in [0.15, 0.2) is 21.0 Å². The molecular formula is C6H7Cl2Zr. The van der Waals surface area contributed by atoms with Gasteiger partial charge in [0.05, 0.1) is 0 Å². The average Bonchev–Trinajstić information content (AvgIpc) is 1.91. The van der Waals surface area contributed by atoms with Gasteiger partial charge in [-0.25, -0.2) is 0 Å². The minimum Gasteiger partial charge on any atom is -1.00 e. The Labute approximate surface area is 83.5 Å². The summed E-state index contributed by atoms with van der Waals surface area (Å²) in [5, 5.41) is 0. The maximum Gasteiger partial charge on any atom is -1.00 e. The third-order valence-electron chi connectivity index (χ3n) is 1.17. The van der Waals surface area contributed by atoms with Crippen molar-refractivity contribution >= 4 is 0 Å². The van der Waals surface area contributed by atoms with Crippen LogP contribution in [0, 0.1) is 0 Å².